The summed E-state index contributed by atoms with van der Waals surface area (Å²) >= 11 is 0. The maximum Gasteiger partial charge on any atom is -0.0114 e. The molecule has 0 nitrogen and oxygen atoms in total. The number of aryl methyl sites for hydroxylation is 1. The predicted octanol–water partition coefficient (Wildman–Crippen LogP) is 8.23. The van der Waals surface area contributed by atoms with E-state index in [0.717, 1.165) is 17.8 Å². The van der Waals surface area contributed by atoms with Crippen LogP contribution in [0.4, 0.5) is 0 Å². The second-order valence-corrected chi connectivity index (χ2v) is 8.16. The molecule has 25 heavy (non-hydrogen) atoms. The van der Waals surface area contributed by atoms with Gasteiger partial charge in [0.25, 0.3) is 0 Å². The molecule has 2 aromatic carbocycles. The standard InChI is InChI=1S/C23H32.C2H6/c1-6-18(12-15(2)3)17(5)22-14-16(4)13-20-8-7-9-21(23(20)22)19-10-11-19;1-2/h7-9,13-15,17-19H,6,10-12H2,1-5H3;1-2H3/t17?,18-;/m1./s1. The highest BCUT2D eigenvalue weighted by molar-refractivity contribution is 5.90. The third kappa shape index (κ3) is 4.66. The highest BCUT2D eigenvalue weighted by Gasteiger charge is 2.28. The predicted molar refractivity (Wildman–Crippen MR) is 114 cm³/mol. The highest BCUT2D eigenvalue weighted by atomic mass is 14.3. The van der Waals surface area contributed by atoms with Crippen LogP contribution in [0.15, 0.2) is 30.3 Å². The van der Waals surface area contributed by atoms with Crippen LogP contribution in [0, 0.1) is 18.8 Å². The fourth-order valence-electron chi connectivity index (χ4n) is 4.32. The maximum absolute atomic E-state index is 2.47. The molecule has 138 valence electrons. The smallest absolute Gasteiger partial charge is 0.0114 e. The van der Waals surface area contributed by atoms with Crippen LogP contribution in [0.3, 0.4) is 0 Å². The molecular formula is C25H38. The van der Waals surface area contributed by atoms with Crippen LogP contribution in [0.25, 0.3) is 10.8 Å². The molecule has 0 spiro atoms. The Morgan fingerprint density at radius 3 is 2.28 bits per heavy atom. The lowest BCUT2D eigenvalue weighted by molar-refractivity contribution is 0.351. The van der Waals surface area contributed by atoms with Gasteiger partial charge in [0.1, 0.15) is 0 Å². The van der Waals surface area contributed by atoms with Gasteiger partial charge in [-0.3, -0.25) is 0 Å². The lowest BCUT2D eigenvalue weighted by atomic mass is 9.78. The van der Waals surface area contributed by atoms with Crippen LogP contribution in [0.1, 0.15) is 95.8 Å². The van der Waals surface area contributed by atoms with Gasteiger partial charge in [-0.2, -0.15) is 0 Å². The molecule has 1 saturated carbocycles. The van der Waals surface area contributed by atoms with E-state index in [1.54, 1.807) is 16.5 Å². The van der Waals surface area contributed by atoms with E-state index in [1.807, 2.05) is 13.8 Å². The molecule has 0 saturated heterocycles. The van der Waals surface area contributed by atoms with E-state index in [0.29, 0.717) is 5.92 Å². The molecule has 3 rings (SSSR count). The van der Waals surface area contributed by atoms with Crippen molar-refractivity contribution in [1.29, 1.82) is 0 Å². The van der Waals surface area contributed by atoms with Crippen molar-refractivity contribution in [2.45, 2.75) is 86.0 Å². The van der Waals surface area contributed by atoms with E-state index in [4.69, 9.17) is 0 Å². The Balaban J connectivity index is 0.00000109. The monoisotopic (exact) mass is 338 g/mol. The Hall–Kier alpha value is -1.30. The quantitative estimate of drug-likeness (QED) is 0.497. The van der Waals surface area contributed by atoms with E-state index >= 15 is 0 Å². The van der Waals surface area contributed by atoms with Crippen molar-refractivity contribution in [1.82, 2.24) is 0 Å². The summed E-state index contributed by atoms with van der Waals surface area (Å²) in [5, 5.41) is 3.03. The molecule has 1 unspecified atom stereocenters. The number of rotatable bonds is 6. The minimum Gasteiger partial charge on any atom is -0.0683 e. The van der Waals surface area contributed by atoms with Gasteiger partial charge in [0.15, 0.2) is 0 Å². The number of hydrogen-bond donors (Lipinski definition) is 0. The molecule has 0 heterocycles. The molecular weight excluding hydrogens is 300 g/mol. The van der Waals surface area contributed by atoms with Crippen molar-refractivity contribution in [3.63, 3.8) is 0 Å². The van der Waals surface area contributed by atoms with Crippen LogP contribution in [-0.2, 0) is 0 Å². The van der Waals surface area contributed by atoms with Gasteiger partial charge >= 0.3 is 0 Å². The molecule has 0 aliphatic heterocycles. The first kappa shape index (κ1) is 20.0. The summed E-state index contributed by atoms with van der Waals surface area (Å²) in [6.07, 6.45) is 5.37. The topological polar surface area (TPSA) is 0 Å². The second kappa shape index (κ2) is 8.88. The van der Waals surface area contributed by atoms with Crippen LogP contribution in [0.5, 0.6) is 0 Å². The normalized spacial score (nSPS) is 16.5. The fourth-order valence-corrected chi connectivity index (χ4v) is 4.32. The van der Waals surface area contributed by atoms with Gasteiger partial charge in [0.2, 0.25) is 0 Å². The van der Waals surface area contributed by atoms with Crippen molar-refractivity contribution >= 4 is 10.8 Å². The van der Waals surface area contributed by atoms with Crippen LogP contribution in [-0.4, -0.2) is 0 Å². The van der Waals surface area contributed by atoms with Crippen molar-refractivity contribution in [3.8, 4) is 0 Å². The van der Waals surface area contributed by atoms with Gasteiger partial charge < -0.3 is 0 Å². The van der Waals surface area contributed by atoms with Gasteiger partial charge in [-0.25, -0.2) is 0 Å². The first-order valence-electron chi connectivity index (χ1n) is 10.5. The molecule has 0 aromatic heterocycles. The summed E-state index contributed by atoms with van der Waals surface area (Å²) < 4.78 is 0. The van der Waals surface area contributed by atoms with E-state index < -0.39 is 0 Å². The first-order valence-corrected chi connectivity index (χ1v) is 10.5. The molecule has 0 amide bonds. The Labute approximate surface area is 156 Å². The molecule has 2 atom stereocenters. The molecule has 0 heteroatoms. The van der Waals surface area contributed by atoms with Crippen LogP contribution in [0.2, 0.25) is 0 Å². The molecule has 2 aromatic rings. The molecule has 1 aliphatic rings. The number of hydrogen-bond acceptors (Lipinski definition) is 0. The van der Waals surface area contributed by atoms with E-state index in [1.165, 1.54) is 36.6 Å². The third-order valence-corrected chi connectivity index (χ3v) is 5.70. The van der Waals surface area contributed by atoms with E-state index in [2.05, 4.69) is 65.0 Å². The van der Waals surface area contributed by atoms with Crippen LogP contribution >= 0.6 is 0 Å². The van der Waals surface area contributed by atoms with E-state index in [-0.39, 0.29) is 0 Å². The van der Waals surface area contributed by atoms with E-state index in [9.17, 15) is 0 Å². The molecule has 0 radical (unpaired) electrons. The SMILES string of the molecule is CC.CC[C@H](CC(C)C)C(C)c1cc(C)cc2cccc(C3CC3)c12. The van der Waals surface area contributed by atoms with Crippen molar-refractivity contribution in [3.05, 3.63) is 47.0 Å². The molecule has 1 fully saturated rings. The van der Waals surface area contributed by atoms with Gasteiger partial charge in [-0.1, -0.05) is 83.9 Å². The zero-order chi connectivity index (χ0) is 18.6. The Morgan fingerprint density at radius 1 is 1.04 bits per heavy atom. The van der Waals surface area contributed by atoms with Gasteiger partial charge in [-0.15, -0.1) is 0 Å². The summed E-state index contributed by atoms with van der Waals surface area (Å²) in [5.41, 5.74) is 4.63. The highest BCUT2D eigenvalue weighted by Crippen LogP contribution is 2.46. The van der Waals surface area contributed by atoms with Crippen molar-refractivity contribution < 1.29 is 0 Å². The average molecular weight is 339 g/mol. The lowest BCUT2D eigenvalue weighted by Crippen LogP contribution is -2.13. The molecule has 0 N–H and O–H groups in total. The summed E-state index contributed by atoms with van der Waals surface area (Å²) in [6, 6.07) is 11.8. The average Bonchev–Trinajstić information content (AvgIpc) is 3.44. The third-order valence-electron chi connectivity index (χ3n) is 5.70. The van der Waals surface area contributed by atoms with Crippen LogP contribution < -0.4 is 0 Å². The second-order valence-electron chi connectivity index (χ2n) is 8.16. The fraction of sp³-hybridized carbons (Fsp3) is 0.600. The van der Waals surface area contributed by atoms with Gasteiger partial charge in [0.05, 0.1) is 0 Å². The zero-order valence-electron chi connectivity index (χ0n) is 17.5. The summed E-state index contributed by atoms with van der Waals surface area (Å²) in [7, 11) is 0. The van der Waals surface area contributed by atoms with Crippen molar-refractivity contribution in [2.75, 3.05) is 0 Å². The Bertz CT molecular complexity index is 676. The minimum absolute atomic E-state index is 0.643. The summed E-state index contributed by atoms with van der Waals surface area (Å²) in [6.45, 7) is 15.8. The maximum atomic E-state index is 2.47. The largest absolute Gasteiger partial charge is 0.0683 e. The Morgan fingerprint density at radius 2 is 1.72 bits per heavy atom. The Kier molecular flexibility index (Phi) is 7.11. The first-order chi connectivity index (χ1) is 12.0. The van der Waals surface area contributed by atoms with Gasteiger partial charge in [-0.05, 0) is 71.8 Å². The summed E-state index contributed by atoms with van der Waals surface area (Å²) in [5.74, 6) is 3.02. The van der Waals surface area contributed by atoms with Crippen molar-refractivity contribution in [2.24, 2.45) is 11.8 Å². The molecule has 1 aliphatic carbocycles. The zero-order valence-corrected chi connectivity index (χ0v) is 17.5. The number of benzene rings is 2. The number of fused-ring (bicyclic) bond motifs is 1. The molecule has 0 bridgehead atoms. The summed E-state index contributed by atoms with van der Waals surface area (Å²) in [4.78, 5) is 0. The minimum atomic E-state index is 0.643. The van der Waals surface area contributed by atoms with Gasteiger partial charge in [0, 0.05) is 0 Å². The lowest BCUT2D eigenvalue weighted by Gasteiger charge is -2.27.